The molecule has 1 aromatic carbocycles. The van der Waals surface area contributed by atoms with Gasteiger partial charge in [-0.15, -0.1) is 5.10 Å². The van der Waals surface area contributed by atoms with Crippen molar-refractivity contribution in [2.75, 3.05) is 0 Å². The van der Waals surface area contributed by atoms with E-state index in [4.69, 9.17) is 5.11 Å². The Morgan fingerprint density at radius 2 is 2.17 bits per heavy atom. The highest BCUT2D eigenvalue weighted by atomic mass is 16.4. The summed E-state index contributed by atoms with van der Waals surface area (Å²) in [4.78, 5) is 10.8. The molecule has 5 nitrogen and oxygen atoms in total. The summed E-state index contributed by atoms with van der Waals surface area (Å²) in [6, 6.07) is 6.16. The first kappa shape index (κ1) is 11.0. The molecule has 92 valence electrons. The van der Waals surface area contributed by atoms with Gasteiger partial charge < -0.3 is 5.11 Å². The van der Waals surface area contributed by atoms with Crippen LogP contribution in [0.3, 0.4) is 0 Å². The van der Waals surface area contributed by atoms with E-state index in [0.717, 1.165) is 18.5 Å². The zero-order valence-corrected chi connectivity index (χ0v) is 9.83. The van der Waals surface area contributed by atoms with Crippen LogP contribution in [0.4, 0.5) is 0 Å². The van der Waals surface area contributed by atoms with Crippen LogP contribution in [0.5, 0.6) is 0 Å². The zero-order chi connectivity index (χ0) is 12.5. The van der Waals surface area contributed by atoms with Gasteiger partial charge in [0.05, 0.1) is 24.0 Å². The molecule has 1 N–H and O–H groups in total. The van der Waals surface area contributed by atoms with Crippen molar-refractivity contribution in [3.05, 3.63) is 41.2 Å². The Kier molecular flexibility index (Phi) is 2.59. The summed E-state index contributed by atoms with van der Waals surface area (Å²) in [6.07, 6.45) is 4.85. The van der Waals surface area contributed by atoms with E-state index < -0.39 is 5.97 Å². The highest BCUT2D eigenvalue weighted by Crippen LogP contribution is 2.24. The highest BCUT2D eigenvalue weighted by Gasteiger charge is 2.14. The topological polar surface area (TPSA) is 68.0 Å². The summed E-state index contributed by atoms with van der Waals surface area (Å²) in [5.74, 6) is -0.875. The molecule has 2 aromatic rings. The lowest BCUT2D eigenvalue weighted by atomic mass is 10.1. The van der Waals surface area contributed by atoms with E-state index in [1.165, 1.54) is 23.7 Å². The molecule has 0 radical (unpaired) electrons. The van der Waals surface area contributed by atoms with Gasteiger partial charge in [-0.2, -0.15) is 0 Å². The van der Waals surface area contributed by atoms with Crippen molar-refractivity contribution in [2.24, 2.45) is 0 Å². The third kappa shape index (κ3) is 1.88. The first-order valence-electron chi connectivity index (χ1n) is 5.97. The number of aryl methyl sites for hydroxylation is 2. The van der Waals surface area contributed by atoms with Gasteiger partial charge in [0.2, 0.25) is 0 Å². The molecule has 0 aliphatic heterocycles. The number of hydrogen-bond acceptors (Lipinski definition) is 3. The van der Waals surface area contributed by atoms with Crippen LogP contribution in [0.25, 0.3) is 5.69 Å². The number of benzene rings is 1. The Hall–Kier alpha value is -2.17. The number of carboxylic acids is 1. The average Bonchev–Trinajstić information content (AvgIpc) is 2.95. The Labute approximate surface area is 104 Å². The number of carbonyl (C=O) groups is 1. The minimum atomic E-state index is -0.875. The fourth-order valence-electron chi connectivity index (χ4n) is 2.44. The number of rotatable bonds is 3. The Balaban J connectivity index is 1.99. The summed E-state index contributed by atoms with van der Waals surface area (Å²) in [5, 5.41) is 16.6. The molecule has 1 aromatic heterocycles. The summed E-state index contributed by atoms with van der Waals surface area (Å²) >= 11 is 0. The molecule has 18 heavy (non-hydrogen) atoms. The standard InChI is InChI=1S/C13H13N3O2/c17-13(18)7-12-8-14-15-16(12)11-5-4-9-2-1-3-10(9)6-11/h4-6,8H,1-3,7H2,(H,17,18). The molecule has 1 aliphatic rings. The van der Waals surface area contributed by atoms with Crippen LogP contribution in [0.1, 0.15) is 23.2 Å². The lowest BCUT2D eigenvalue weighted by Crippen LogP contribution is -2.08. The fraction of sp³-hybridized carbons (Fsp3) is 0.308. The lowest BCUT2D eigenvalue weighted by molar-refractivity contribution is -0.136. The second-order valence-corrected chi connectivity index (χ2v) is 4.51. The van der Waals surface area contributed by atoms with E-state index in [1.807, 2.05) is 6.07 Å². The van der Waals surface area contributed by atoms with Gasteiger partial charge in [-0.25, -0.2) is 4.68 Å². The monoisotopic (exact) mass is 243 g/mol. The van der Waals surface area contributed by atoms with Crippen LogP contribution in [-0.2, 0) is 24.1 Å². The molecule has 1 aliphatic carbocycles. The van der Waals surface area contributed by atoms with Crippen molar-refractivity contribution < 1.29 is 9.90 Å². The second-order valence-electron chi connectivity index (χ2n) is 4.51. The minimum absolute atomic E-state index is 0.0654. The molecular weight excluding hydrogens is 230 g/mol. The first-order valence-corrected chi connectivity index (χ1v) is 5.97. The van der Waals surface area contributed by atoms with Crippen LogP contribution in [0, 0.1) is 0 Å². The van der Waals surface area contributed by atoms with Gasteiger partial charge in [-0.1, -0.05) is 11.3 Å². The highest BCUT2D eigenvalue weighted by molar-refractivity contribution is 5.69. The number of fused-ring (bicyclic) bond motifs is 1. The normalized spacial score (nSPS) is 13.6. The van der Waals surface area contributed by atoms with Crippen LogP contribution in [0.15, 0.2) is 24.4 Å². The molecule has 0 fully saturated rings. The molecule has 0 bridgehead atoms. The maximum absolute atomic E-state index is 10.8. The predicted octanol–water partition coefficient (Wildman–Crippen LogP) is 1.38. The molecule has 1 heterocycles. The third-order valence-electron chi connectivity index (χ3n) is 3.28. The van der Waals surface area contributed by atoms with Gasteiger partial charge in [0.1, 0.15) is 0 Å². The van der Waals surface area contributed by atoms with Crippen LogP contribution < -0.4 is 0 Å². The Bertz CT molecular complexity index is 604. The quantitative estimate of drug-likeness (QED) is 0.884. The van der Waals surface area contributed by atoms with Gasteiger partial charge in [0, 0.05) is 0 Å². The predicted molar refractivity (Wildman–Crippen MR) is 64.7 cm³/mol. The molecule has 0 atom stereocenters. The van der Waals surface area contributed by atoms with Crippen molar-refractivity contribution in [1.29, 1.82) is 0 Å². The third-order valence-corrected chi connectivity index (χ3v) is 3.28. The minimum Gasteiger partial charge on any atom is -0.481 e. The largest absolute Gasteiger partial charge is 0.481 e. The fourth-order valence-corrected chi connectivity index (χ4v) is 2.44. The number of nitrogens with zero attached hydrogens (tertiary/aromatic N) is 3. The van der Waals surface area contributed by atoms with Crippen molar-refractivity contribution >= 4 is 5.97 Å². The van der Waals surface area contributed by atoms with E-state index in [1.54, 1.807) is 4.68 Å². The van der Waals surface area contributed by atoms with Gasteiger partial charge >= 0.3 is 5.97 Å². The van der Waals surface area contributed by atoms with E-state index >= 15 is 0 Å². The van der Waals surface area contributed by atoms with E-state index in [2.05, 4.69) is 22.4 Å². The van der Waals surface area contributed by atoms with Crippen molar-refractivity contribution in [3.63, 3.8) is 0 Å². The summed E-state index contributed by atoms with van der Waals surface area (Å²) < 4.78 is 1.60. The smallest absolute Gasteiger partial charge is 0.309 e. The number of carboxylic acid groups (broad SMARTS) is 1. The van der Waals surface area contributed by atoms with Crippen molar-refractivity contribution in [1.82, 2.24) is 15.0 Å². The molecule has 0 saturated heterocycles. The van der Waals surface area contributed by atoms with Crippen LogP contribution in [-0.4, -0.2) is 26.1 Å². The van der Waals surface area contributed by atoms with Crippen LogP contribution in [0.2, 0.25) is 0 Å². The number of aliphatic carboxylic acids is 1. The maximum Gasteiger partial charge on any atom is 0.309 e. The Morgan fingerprint density at radius 3 is 3.00 bits per heavy atom. The maximum atomic E-state index is 10.8. The van der Waals surface area contributed by atoms with Gasteiger partial charge in [-0.3, -0.25) is 4.79 Å². The molecule has 5 heteroatoms. The molecule has 0 saturated carbocycles. The van der Waals surface area contributed by atoms with Gasteiger partial charge in [-0.05, 0) is 42.5 Å². The van der Waals surface area contributed by atoms with E-state index in [0.29, 0.717) is 5.69 Å². The molecule has 3 rings (SSSR count). The van der Waals surface area contributed by atoms with E-state index in [-0.39, 0.29) is 6.42 Å². The molecule has 0 amide bonds. The number of hydrogen-bond donors (Lipinski definition) is 1. The van der Waals surface area contributed by atoms with Crippen LogP contribution >= 0.6 is 0 Å². The SMILES string of the molecule is O=C(O)Cc1cnnn1-c1ccc2c(c1)CCC2. The lowest BCUT2D eigenvalue weighted by Gasteiger charge is -2.07. The Morgan fingerprint density at radius 1 is 1.33 bits per heavy atom. The average molecular weight is 243 g/mol. The van der Waals surface area contributed by atoms with Gasteiger partial charge in [0.15, 0.2) is 0 Å². The number of aromatic nitrogens is 3. The second kappa shape index (κ2) is 4.25. The van der Waals surface area contributed by atoms with Crippen molar-refractivity contribution in [3.8, 4) is 5.69 Å². The molecule has 0 spiro atoms. The summed E-state index contributed by atoms with van der Waals surface area (Å²) in [5.41, 5.74) is 4.22. The van der Waals surface area contributed by atoms with Gasteiger partial charge in [0.25, 0.3) is 0 Å². The van der Waals surface area contributed by atoms with E-state index in [9.17, 15) is 4.79 Å². The summed E-state index contributed by atoms with van der Waals surface area (Å²) in [7, 11) is 0. The first-order chi connectivity index (χ1) is 8.74. The summed E-state index contributed by atoms with van der Waals surface area (Å²) in [6.45, 7) is 0. The zero-order valence-electron chi connectivity index (χ0n) is 9.83. The van der Waals surface area contributed by atoms with Crippen molar-refractivity contribution in [2.45, 2.75) is 25.7 Å². The molecule has 0 unspecified atom stereocenters. The molecular formula is C13H13N3O2.